The highest BCUT2D eigenvalue weighted by molar-refractivity contribution is 6.07. The first-order chi connectivity index (χ1) is 10.4. The van der Waals surface area contributed by atoms with Gasteiger partial charge < -0.3 is 19.3 Å². The van der Waals surface area contributed by atoms with Crippen molar-refractivity contribution in [1.29, 1.82) is 0 Å². The third kappa shape index (κ3) is 3.21. The fourth-order valence-corrected chi connectivity index (χ4v) is 1.94. The van der Waals surface area contributed by atoms with E-state index in [4.69, 9.17) is 14.0 Å². The van der Waals surface area contributed by atoms with Crippen LogP contribution in [0.3, 0.4) is 0 Å². The smallest absolute Gasteiger partial charge is 0.264 e. The number of carbonyl (C=O) groups is 1. The van der Waals surface area contributed by atoms with Gasteiger partial charge in [0, 0.05) is 11.5 Å². The van der Waals surface area contributed by atoms with E-state index in [2.05, 4.69) is 10.5 Å². The fourth-order valence-electron chi connectivity index (χ4n) is 1.94. The van der Waals surface area contributed by atoms with Gasteiger partial charge in [-0.1, -0.05) is 32.0 Å². The molecule has 1 aromatic carbocycles. The molecular formula is C16H20N2O4. The number of amides is 1. The third-order valence-electron chi connectivity index (χ3n) is 3.15. The van der Waals surface area contributed by atoms with Gasteiger partial charge in [0.25, 0.3) is 5.91 Å². The standard InChI is InChI=1S/C16H20N2O4/c1-16(2,3)12-9-13(18-22-12)17-15(19)14-10(20-4)7-6-8-11(14)21-5/h6-9H,1-5H3,(H,17,18,19). The zero-order chi connectivity index (χ0) is 16.3. The summed E-state index contributed by atoms with van der Waals surface area (Å²) < 4.78 is 15.7. The summed E-state index contributed by atoms with van der Waals surface area (Å²) in [6, 6.07) is 6.85. The Hall–Kier alpha value is -2.50. The molecule has 0 radical (unpaired) electrons. The lowest BCUT2D eigenvalue weighted by atomic mass is 9.93. The maximum atomic E-state index is 12.5. The van der Waals surface area contributed by atoms with Crippen molar-refractivity contribution in [2.24, 2.45) is 0 Å². The van der Waals surface area contributed by atoms with Gasteiger partial charge in [0.15, 0.2) is 5.82 Å². The van der Waals surface area contributed by atoms with E-state index in [1.54, 1.807) is 24.3 Å². The molecule has 1 N–H and O–H groups in total. The Kier molecular flexibility index (Phi) is 4.40. The molecule has 2 aromatic rings. The van der Waals surface area contributed by atoms with E-state index < -0.39 is 0 Å². The maximum Gasteiger partial charge on any atom is 0.264 e. The van der Waals surface area contributed by atoms with E-state index >= 15 is 0 Å². The number of nitrogens with zero attached hydrogens (tertiary/aromatic N) is 1. The van der Waals surface area contributed by atoms with E-state index in [1.807, 2.05) is 20.8 Å². The van der Waals surface area contributed by atoms with Crippen molar-refractivity contribution in [3.05, 3.63) is 35.6 Å². The van der Waals surface area contributed by atoms with Gasteiger partial charge in [-0.2, -0.15) is 0 Å². The molecule has 0 aliphatic carbocycles. The molecular weight excluding hydrogens is 284 g/mol. The van der Waals surface area contributed by atoms with Crippen molar-refractivity contribution in [2.75, 3.05) is 19.5 Å². The summed E-state index contributed by atoms with van der Waals surface area (Å²) in [5.74, 6) is 1.52. The second kappa shape index (κ2) is 6.09. The molecule has 0 atom stereocenters. The molecule has 6 heteroatoms. The van der Waals surface area contributed by atoms with Crippen molar-refractivity contribution in [3.8, 4) is 11.5 Å². The molecule has 6 nitrogen and oxygen atoms in total. The zero-order valence-electron chi connectivity index (χ0n) is 13.4. The first-order valence-corrected chi connectivity index (χ1v) is 6.86. The minimum absolute atomic E-state index is 0.182. The molecule has 1 amide bonds. The first kappa shape index (κ1) is 15.9. The van der Waals surface area contributed by atoms with E-state index in [0.717, 1.165) is 0 Å². The highest BCUT2D eigenvalue weighted by Crippen LogP contribution is 2.30. The average molecular weight is 304 g/mol. The quantitative estimate of drug-likeness (QED) is 0.938. The summed E-state index contributed by atoms with van der Waals surface area (Å²) in [7, 11) is 3.00. The Balaban J connectivity index is 2.28. The molecule has 0 bridgehead atoms. The van der Waals surface area contributed by atoms with Crippen LogP contribution in [0.4, 0.5) is 5.82 Å². The number of carbonyl (C=O) groups excluding carboxylic acids is 1. The SMILES string of the molecule is COc1cccc(OC)c1C(=O)Nc1cc(C(C)(C)C)on1. The summed E-state index contributed by atoms with van der Waals surface area (Å²) in [6.07, 6.45) is 0. The number of methoxy groups -OCH3 is 2. The average Bonchev–Trinajstić information content (AvgIpc) is 2.94. The molecule has 1 aromatic heterocycles. The topological polar surface area (TPSA) is 73.6 Å². The number of hydrogen-bond donors (Lipinski definition) is 1. The number of nitrogens with one attached hydrogen (secondary N) is 1. The predicted molar refractivity (Wildman–Crippen MR) is 82.7 cm³/mol. The van der Waals surface area contributed by atoms with Crippen LogP contribution in [0.2, 0.25) is 0 Å². The minimum atomic E-state index is -0.372. The number of anilines is 1. The molecule has 118 valence electrons. The van der Waals surface area contributed by atoms with E-state index in [0.29, 0.717) is 28.6 Å². The highest BCUT2D eigenvalue weighted by atomic mass is 16.5. The van der Waals surface area contributed by atoms with Crippen molar-refractivity contribution >= 4 is 11.7 Å². The molecule has 0 fully saturated rings. The van der Waals surface area contributed by atoms with Crippen LogP contribution in [0.15, 0.2) is 28.8 Å². The minimum Gasteiger partial charge on any atom is -0.496 e. The van der Waals surface area contributed by atoms with E-state index in [9.17, 15) is 4.79 Å². The van der Waals surface area contributed by atoms with Crippen LogP contribution in [0.5, 0.6) is 11.5 Å². The van der Waals surface area contributed by atoms with Gasteiger partial charge >= 0.3 is 0 Å². The second-order valence-corrected chi connectivity index (χ2v) is 5.82. The summed E-state index contributed by atoms with van der Waals surface area (Å²) in [4.78, 5) is 12.5. The van der Waals surface area contributed by atoms with Gasteiger partial charge in [-0.3, -0.25) is 4.79 Å². The number of benzene rings is 1. The highest BCUT2D eigenvalue weighted by Gasteiger charge is 2.22. The Morgan fingerprint density at radius 2 is 1.77 bits per heavy atom. The van der Waals surface area contributed by atoms with Gasteiger partial charge in [-0.15, -0.1) is 0 Å². The lowest BCUT2D eigenvalue weighted by Gasteiger charge is -2.12. The van der Waals surface area contributed by atoms with Crippen molar-refractivity contribution in [2.45, 2.75) is 26.2 Å². The number of rotatable bonds is 4. The maximum absolute atomic E-state index is 12.5. The van der Waals surface area contributed by atoms with Crippen molar-refractivity contribution < 1.29 is 18.8 Å². The van der Waals surface area contributed by atoms with Gasteiger partial charge in [0.05, 0.1) is 14.2 Å². The van der Waals surface area contributed by atoms with Crippen LogP contribution in [-0.2, 0) is 5.41 Å². The Morgan fingerprint density at radius 1 is 1.18 bits per heavy atom. The second-order valence-electron chi connectivity index (χ2n) is 5.82. The van der Waals surface area contributed by atoms with E-state index in [1.165, 1.54) is 14.2 Å². The van der Waals surface area contributed by atoms with Gasteiger partial charge in [-0.25, -0.2) is 0 Å². The predicted octanol–water partition coefficient (Wildman–Crippen LogP) is 3.24. The number of ether oxygens (including phenoxy) is 2. The number of hydrogen-bond acceptors (Lipinski definition) is 5. The molecule has 2 rings (SSSR count). The molecule has 0 aliphatic rings. The molecule has 0 saturated heterocycles. The Morgan fingerprint density at radius 3 is 2.23 bits per heavy atom. The van der Waals surface area contributed by atoms with Crippen LogP contribution in [0.1, 0.15) is 36.9 Å². The Bertz CT molecular complexity index is 649. The molecule has 1 heterocycles. The third-order valence-corrected chi connectivity index (χ3v) is 3.15. The van der Waals surface area contributed by atoms with Crippen LogP contribution in [-0.4, -0.2) is 25.3 Å². The number of aromatic nitrogens is 1. The molecule has 22 heavy (non-hydrogen) atoms. The van der Waals surface area contributed by atoms with Gasteiger partial charge in [0.1, 0.15) is 22.8 Å². The Labute approximate surface area is 129 Å². The lowest BCUT2D eigenvalue weighted by molar-refractivity contribution is 0.102. The first-order valence-electron chi connectivity index (χ1n) is 6.86. The fraction of sp³-hybridized carbons (Fsp3) is 0.375. The van der Waals surface area contributed by atoms with Gasteiger partial charge in [0.2, 0.25) is 0 Å². The zero-order valence-corrected chi connectivity index (χ0v) is 13.4. The molecule has 0 unspecified atom stereocenters. The molecule has 0 spiro atoms. The molecule has 0 aliphatic heterocycles. The van der Waals surface area contributed by atoms with Crippen LogP contribution in [0, 0.1) is 0 Å². The van der Waals surface area contributed by atoms with E-state index in [-0.39, 0.29) is 11.3 Å². The lowest BCUT2D eigenvalue weighted by Crippen LogP contribution is -2.15. The molecule has 0 saturated carbocycles. The monoisotopic (exact) mass is 304 g/mol. The van der Waals surface area contributed by atoms with Crippen molar-refractivity contribution in [3.63, 3.8) is 0 Å². The van der Waals surface area contributed by atoms with Crippen LogP contribution < -0.4 is 14.8 Å². The van der Waals surface area contributed by atoms with Crippen LogP contribution >= 0.6 is 0 Å². The summed E-state index contributed by atoms with van der Waals surface area (Å²) in [6.45, 7) is 6.01. The van der Waals surface area contributed by atoms with Crippen LogP contribution in [0.25, 0.3) is 0 Å². The van der Waals surface area contributed by atoms with Crippen molar-refractivity contribution in [1.82, 2.24) is 5.16 Å². The van der Waals surface area contributed by atoms with Gasteiger partial charge in [-0.05, 0) is 12.1 Å². The summed E-state index contributed by atoms with van der Waals surface area (Å²) in [5.41, 5.74) is 0.130. The summed E-state index contributed by atoms with van der Waals surface area (Å²) >= 11 is 0. The largest absolute Gasteiger partial charge is 0.496 e. The normalized spacial score (nSPS) is 11.1. The summed E-state index contributed by atoms with van der Waals surface area (Å²) in [5, 5.41) is 6.57.